The summed E-state index contributed by atoms with van der Waals surface area (Å²) in [7, 11) is 0. The molecule has 2 N–H and O–H groups in total. The zero-order chi connectivity index (χ0) is 15.8. The van der Waals surface area contributed by atoms with Crippen LogP contribution in [0.3, 0.4) is 0 Å². The van der Waals surface area contributed by atoms with Gasteiger partial charge in [0.2, 0.25) is 0 Å². The molecular weight excluding hydrogens is 276 g/mol. The molecule has 0 radical (unpaired) electrons. The van der Waals surface area contributed by atoms with Crippen molar-refractivity contribution >= 4 is 12.0 Å². The van der Waals surface area contributed by atoms with Gasteiger partial charge in [0.05, 0.1) is 6.04 Å². The molecule has 1 heterocycles. The summed E-state index contributed by atoms with van der Waals surface area (Å²) < 4.78 is 0. The van der Waals surface area contributed by atoms with E-state index in [0.29, 0.717) is 5.82 Å². The van der Waals surface area contributed by atoms with E-state index in [1.165, 1.54) is 6.08 Å². The number of nitrogens with one attached hydrogen (secondary N) is 2. The molecule has 1 amide bonds. The summed E-state index contributed by atoms with van der Waals surface area (Å²) in [5, 5.41) is 12.1. The number of rotatable bonds is 6. The Morgan fingerprint density at radius 1 is 1.45 bits per heavy atom. The fourth-order valence-corrected chi connectivity index (χ4v) is 2.17. The van der Waals surface area contributed by atoms with Crippen molar-refractivity contribution in [1.82, 2.24) is 15.3 Å². The molecule has 0 aliphatic heterocycles. The van der Waals surface area contributed by atoms with Crippen molar-refractivity contribution in [2.24, 2.45) is 0 Å². The van der Waals surface area contributed by atoms with Crippen LogP contribution < -0.4 is 5.32 Å². The summed E-state index contributed by atoms with van der Waals surface area (Å²) in [6.07, 6.45) is 6.41. The summed E-state index contributed by atoms with van der Waals surface area (Å²) in [5.74, 6) is 0.0969. The molecule has 0 aliphatic carbocycles. The third kappa shape index (κ3) is 4.06. The van der Waals surface area contributed by atoms with Gasteiger partial charge in [-0.25, -0.2) is 4.98 Å². The number of aromatic nitrogens is 2. The number of amides is 1. The van der Waals surface area contributed by atoms with Gasteiger partial charge in [-0.2, -0.15) is 5.26 Å². The Labute approximate surface area is 129 Å². The first-order valence-electron chi connectivity index (χ1n) is 7.21. The van der Waals surface area contributed by atoms with Crippen LogP contribution in [0.2, 0.25) is 0 Å². The maximum Gasteiger partial charge on any atom is 0.262 e. The number of hydrogen-bond acceptors (Lipinski definition) is 3. The van der Waals surface area contributed by atoms with Crippen molar-refractivity contribution in [1.29, 1.82) is 5.26 Å². The van der Waals surface area contributed by atoms with Crippen molar-refractivity contribution in [3.8, 4) is 6.07 Å². The van der Waals surface area contributed by atoms with Crippen LogP contribution in [-0.4, -0.2) is 15.9 Å². The lowest BCUT2D eigenvalue weighted by Gasteiger charge is -2.18. The SMILES string of the molecule is CCC[C@H](NC(=O)C(C#N)=Cc1ncc[nH]1)c1ccccc1. The van der Waals surface area contributed by atoms with Crippen molar-refractivity contribution in [3.63, 3.8) is 0 Å². The molecule has 5 heteroatoms. The fourth-order valence-electron chi connectivity index (χ4n) is 2.17. The first-order valence-corrected chi connectivity index (χ1v) is 7.21. The first kappa shape index (κ1) is 15.5. The minimum atomic E-state index is -0.388. The Bertz CT molecular complexity index is 668. The van der Waals surface area contributed by atoms with Crippen LogP contribution in [0.1, 0.15) is 37.2 Å². The number of carbonyl (C=O) groups excluding carboxylic acids is 1. The second-order valence-corrected chi connectivity index (χ2v) is 4.87. The number of benzene rings is 1. The van der Waals surface area contributed by atoms with Gasteiger partial charge in [-0.1, -0.05) is 43.7 Å². The highest BCUT2D eigenvalue weighted by atomic mass is 16.1. The van der Waals surface area contributed by atoms with E-state index in [0.717, 1.165) is 18.4 Å². The topological polar surface area (TPSA) is 81.6 Å². The van der Waals surface area contributed by atoms with Gasteiger partial charge >= 0.3 is 0 Å². The van der Waals surface area contributed by atoms with Crippen LogP contribution in [0, 0.1) is 11.3 Å². The largest absolute Gasteiger partial charge is 0.345 e. The van der Waals surface area contributed by atoms with Gasteiger partial charge in [0, 0.05) is 18.5 Å². The fraction of sp³-hybridized carbons (Fsp3) is 0.235. The maximum absolute atomic E-state index is 12.3. The van der Waals surface area contributed by atoms with Crippen LogP contribution in [0.5, 0.6) is 0 Å². The van der Waals surface area contributed by atoms with E-state index >= 15 is 0 Å². The van der Waals surface area contributed by atoms with E-state index in [9.17, 15) is 10.1 Å². The predicted octanol–water partition coefficient (Wildman–Crippen LogP) is 2.97. The maximum atomic E-state index is 12.3. The Balaban J connectivity index is 2.15. The second-order valence-electron chi connectivity index (χ2n) is 4.87. The van der Waals surface area contributed by atoms with Crippen LogP contribution >= 0.6 is 0 Å². The van der Waals surface area contributed by atoms with E-state index in [-0.39, 0.29) is 17.5 Å². The van der Waals surface area contributed by atoms with Gasteiger partial charge < -0.3 is 10.3 Å². The van der Waals surface area contributed by atoms with Crippen molar-refractivity contribution in [2.75, 3.05) is 0 Å². The summed E-state index contributed by atoms with van der Waals surface area (Å²) in [6, 6.07) is 11.6. The number of H-pyrrole nitrogens is 1. The van der Waals surface area contributed by atoms with Crippen LogP contribution in [-0.2, 0) is 4.79 Å². The first-order chi connectivity index (χ1) is 10.7. The molecular formula is C17H18N4O. The van der Waals surface area contributed by atoms with Crippen molar-refractivity contribution < 1.29 is 4.79 Å². The monoisotopic (exact) mass is 294 g/mol. The number of carbonyl (C=O) groups is 1. The summed E-state index contributed by atoms with van der Waals surface area (Å²) in [4.78, 5) is 19.2. The molecule has 2 rings (SSSR count). The minimum Gasteiger partial charge on any atom is -0.345 e. The average Bonchev–Trinajstić information content (AvgIpc) is 3.06. The Morgan fingerprint density at radius 2 is 2.23 bits per heavy atom. The molecule has 0 saturated carbocycles. The molecule has 5 nitrogen and oxygen atoms in total. The molecule has 2 aromatic rings. The van der Waals surface area contributed by atoms with Gasteiger partial charge in [-0.15, -0.1) is 0 Å². The van der Waals surface area contributed by atoms with Gasteiger partial charge in [-0.3, -0.25) is 4.79 Å². The van der Waals surface area contributed by atoms with E-state index in [4.69, 9.17) is 0 Å². The van der Waals surface area contributed by atoms with E-state index in [1.807, 2.05) is 36.4 Å². The highest BCUT2D eigenvalue weighted by Gasteiger charge is 2.16. The van der Waals surface area contributed by atoms with Gasteiger partial charge in [-0.05, 0) is 12.0 Å². The molecule has 112 valence electrons. The lowest BCUT2D eigenvalue weighted by atomic mass is 10.0. The molecule has 0 spiro atoms. The smallest absolute Gasteiger partial charge is 0.262 e. The zero-order valence-corrected chi connectivity index (χ0v) is 12.4. The van der Waals surface area contributed by atoms with Gasteiger partial charge in [0.1, 0.15) is 17.5 Å². The Hall–Kier alpha value is -2.87. The molecule has 0 saturated heterocycles. The van der Waals surface area contributed by atoms with Crippen molar-refractivity contribution in [3.05, 3.63) is 59.7 Å². The lowest BCUT2D eigenvalue weighted by molar-refractivity contribution is -0.117. The molecule has 1 aromatic heterocycles. The molecule has 0 fully saturated rings. The molecule has 22 heavy (non-hydrogen) atoms. The lowest BCUT2D eigenvalue weighted by Crippen LogP contribution is -2.29. The van der Waals surface area contributed by atoms with Gasteiger partial charge in [0.15, 0.2) is 0 Å². The number of imidazole rings is 1. The molecule has 0 unspecified atom stereocenters. The Morgan fingerprint density at radius 3 is 2.82 bits per heavy atom. The standard InChI is InChI=1S/C17H18N4O/c1-2-6-15(13-7-4-3-5-8-13)21-17(22)14(12-18)11-16-19-9-10-20-16/h3-5,7-11,15H,2,6H2,1H3,(H,19,20)(H,21,22)/t15-/m0/s1. The Kier molecular flexibility index (Phi) is 5.50. The summed E-state index contributed by atoms with van der Waals surface area (Å²) in [6.45, 7) is 2.06. The zero-order valence-electron chi connectivity index (χ0n) is 12.4. The normalized spacial score (nSPS) is 12.5. The number of aromatic amines is 1. The third-order valence-electron chi connectivity index (χ3n) is 3.25. The van der Waals surface area contributed by atoms with Crippen LogP contribution in [0.15, 0.2) is 48.3 Å². The van der Waals surface area contributed by atoms with Gasteiger partial charge in [0.25, 0.3) is 5.91 Å². The van der Waals surface area contributed by atoms with Crippen LogP contribution in [0.25, 0.3) is 6.08 Å². The molecule has 0 aliphatic rings. The molecule has 1 aromatic carbocycles. The third-order valence-corrected chi connectivity index (χ3v) is 3.25. The van der Waals surface area contributed by atoms with Crippen LogP contribution in [0.4, 0.5) is 0 Å². The number of nitriles is 1. The highest BCUT2D eigenvalue weighted by Crippen LogP contribution is 2.18. The summed E-state index contributed by atoms with van der Waals surface area (Å²) in [5.41, 5.74) is 1.07. The second kappa shape index (κ2) is 7.79. The number of hydrogen-bond donors (Lipinski definition) is 2. The summed E-state index contributed by atoms with van der Waals surface area (Å²) >= 11 is 0. The van der Waals surface area contributed by atoms with E-state index in [1.54, 1.807) is 12.4 Å². The number of nitrogens with zero attached hydrogens (tertiary/aromatic N) is 2. The van der Waals surface area contributed by atoms with Crippen molar-refractivity contribution in [2.45, 2.75) is 25.8 Å². The highest BCUT2D eigenvalue weighted by molar-refractivity contribution is 6.01. The van der Waals surface area contributed by atoms with E-state index in [2.05, 4.69) is 22.2 Å². The minimum absolute atomic E-state index is 0.0342. The average molecular weight is 294 g/mol. The molecule has 1 atom stereocenters. The predicted molar refractivity (Wildman–Crippen MR) is 84.4 cm³/mol. The molecule has 0 bridgehead atoms. The quantitative estimate of drug-likeness (QED) is 0.634. The van der Waals surface area contributed by atoms with E-state index < -0.39 is 0 Å².